The lowest BCUT2D eigenvalue weighted by Gasteiger charge is -2.13. The van der Waals surface area contributed by atoms with Crippen LogP contribution in [0.5, 0.6) is 0 Å². The SMILES string of the molecule is CP(C)(=S)CPCP(C)(C)=S. The summed E-state index contributed by atoms with van der Waals surface area (Å²) in [6, 6.07) is -1.87. The minimum Gasteiger partial charge on any atom is -0.112 e. The van der Waals surface area contributed by atoms with Crippen LogP contribution in [0.2, 0.25) is 0 Å². The molecule has 0 saturated carbocycles. The van der Waals surface area contributed by atoms with E-state index in [1.165, 1.54) is 11.8 Å². The Labute approximate surface area is 82.7 Å². The molecule has 0 aliphatic carbocycles. The summed E-state index contributed by atoms with van der Waals surface area (Å²) in [6.07, 6.45) is 0. The van der Waals surface area contributed by atoms with Gasteiger partial charge in [-0.25, -0.2) is 0 Å². The topological polar surface area (TPSA) is 0 Å². The van der Waals surface area contributed by atoms with E-state index in [0.29, 0.717) is 0 Å². The van der Waals surface area contributed by atoms with Crippen LogP contribution in [0.3, 0.4) is 0 Å². The Hall–Kier alpha value is 1.73. The average Bonchev–Trinajstić information content (AvgIpc) is 1.55. The predicted molar refractivity (Wildman–Crippen MR) is 70.3 cm³/mol. The first kappa shape index (κ1) is 12.7. The summed E-state index contributed by atoms with van der Waals surface area (Å²) < 4.78 is 0. The molecular formula is C6H17P3S2. The van der Waals surface area contributed by atoms with Gasteiger partial charge in [0.05, 0.1) is 0 Å². The lowest BCUT2D eigenvalue weighted by molar-refractivity contribution is 1.94. The van der Waals surface area contributed by atoms with Crippen molar-refractivity contribution in [3.63, 3.8) is 0 Å². The van der Waals surface area contributed by atoms with Gasteiger partial charge in [-0.15, -0.1) is 8.58 Å². The third-order valence-corrected chi connectivity index (χ3v) is 11.2. The lowest BCUT2D eigenvalue weighted by atomic mass is 11.8. The van der Waals surface area contributed by atoms with Gasteiger partial charge in [-0.3, -0.25) is 0 Å². The molecule has 0 N–H and O–H groups in total. The van der Waals surface area contributed by atoms with Crippen LogP contribution in [0.15, 0.2) is 0 Å². The zero-order valence-electron chi connectivity index (χ0n) is 7.63. The molecule has 0 aromatic carbocycles. The zero-order chi connectivity index (χ0) is 9.12. The fraction of sp³-hybridized carbons (Fsp3) is 1.00. The van der Waals surface area contributed by atoms with E-state index < -0.39 is 12.1 Å². The maximum atomic E-state index is 5.37. The van der Waals surface area contributed by atoms with Crippen LogP contribution in [0, 0.1) is 0 Å². The summed E-state index contributed by atoms with van der Waals surface area (Å²) >= 11 is 10.7. The smallest absolute Gasteiger partial charge is 0.00585 e. The molecule has 0 aromatic rings. The Bertz CT molecular complexity index is 178. The van der Waals surface area contributed by atoms with Crippen molar-refractivity contribution in [3.8, 4) is 0 Å². The summed E-state index contributed by atoms with van der Waals surface area (Å²) in [5, 5.41) is 0. The van der Waals surface area contributed by atoms with E-state index in [1.54, 1.807) is 0 Å². The molecule has 0 rings (SSSR count). The molecule has 0 unspecified atom stereocenters. The number of hydrogen-bond donors (Lipinski definition) is 0. The van der Waals surface area contributed by atoms with Crippen molar-refractivity contribution in [1.82, 2.24) is 0 Å². The molecule has 0 nitrogen and oxygen atoms in total. The van der Waals surface area contributed by atoms with Crippen molar-refractivity contribution in [2.24, 2.45) is 0 Å². The van der Waals surface area contributed by atoms with Gasteiger partial charge in [0.1, 0.15) is 0 Å². The molecule has 0 bridgehead atoms. The van der Waals surface area contributed by atoms with Gasteiger partial charge in [-0.2, -0.15) is 0 Å². The highest BCUT2D eigenvalue weighted by Gasteiger charge is 2.05. The molecule has 0 radical (unpaired) electrons. The normalized spacial score (nSPS) is 13.5. The van der Waals surface area contributed by atoms with E-state index in [0.717, 1.165) is 8.58 Å². The maximum Gasteiger partial charge on any atom is -0.00585 e. The molecule has 0 fully saturated rings. The summed E-state index contributed by atoms with van der Waals surface area (Å²) in [5.41, 5.74) is 0. The van der Waals surface area contributed by atoms with Crippen molar-refractivity contribution in [2.45, 2.75) is 0 Å². The highest BCUT2D eigenvalue weighted by atomic mass is 32.4. The predicted octanol–water partition coefficient (Wildman–Crippen LogP) is 3.06. The van der Waals surface area contributed by atoms with Gasteiger partial charge < -0.3 is 0 Å². The van der Waals surface area contributed by atoms with Crippen molar-refractivity contribution in [2.75, 3.05) is 38.5 Å². The summed E-state index contributed by atoms with van der Waals surface area (Å²) in [5.74, 6) is 2.53. The van der Waals surface area contributed by atoms with Crippen LogP contribution in [-0.2, 0) is 23.6 Å². The van der Waals surface area contributed by atoms with Crippen LogP contribution in [0.4, 0.5) is 0 Å². The second-order valence-electron chi connectivity index (χ2n) is 3.71. The van der Waals surface area contributed by atoms with E-state index in [4.69, 9.17) is 23.6 Å². The first-order valence-corrected chi connectivity index (χ1v) is 12.7. The molecule has 0 amide bonds. The van der Waals surface area contributed by atoms with E-state index in [2.05, 4.69) is 26.7 Å². The highest BCUT2D eigenvalue weighted by molar-refractivity contribution is 8.18. The standard InChI is InChI=1S/C6H17P3S2/c1-8(2,10)5-7-6-9(3,4)11/h7H,5-6H2,1-4H3. The van der Waals surface area contributed by atoms with Gasteiger partial charge >= 0.3 is 0 Å². The monoisotopic (exact) mass is 246 g/mol. The van der Waals surface area contributed by atoms with Crippen LogP contribution >= 0.6 is 20.7 Å². The zero-order valence-corrected chi connectivity index (χ0v) is 12.0. The van der Waals surface area contributed by atoms with Gasteiger partial charge in [0, 0.05) is 0 Å². The van der Waals surface area contributed by atoms with Crippen molar-refractivity contribution < 1.29 is 0 Å². The quantitative estimate of drug-likeness (QED) is 0.699. The van der Waals surface area contributed by atoms with E-state index in [-0.39, 0.29) is 0 Å². The molecule has 0 aliphatic heterocycles. The average molecular weight is 246 g/mol. The van der Waals surface area contributed by atoms with Gasteiger partial charge in [0.2, 0.25) is 0 Å². The van der Waals surface area contributed by atoms with Crippen LogP contribution in [-0.4, -0.2) is 38.5 Å². The lowest BCUT2D eigenvalue weighted by Crippen LogP contribution is -1.81. The molecule has 0 aliphatic rings. The van der Waals surface area contributed by atoms with Crippen LogP contribution in [0.1, 0.15) is 0 Å². The van der Waals surface area contributed by atoms with E-state index >= 15 is 0 Å². The Morgan fingerprint density at radius 1 is 0.909 bits per heavy atom. The minimum atomic E-state index is -0.935. The number of hydrogen-bond acceptors (Lipinski definition) is 2. The Kier molecular flexibility index (Phi) is 5.58. The van der Waals surface area contributed by atoms with Gasteiger partial charge in [-0.1, -0.05) is 23.6 Å². The van der Waals surface area contributed by atoms with Crippen LogP contribution in [0.25, 0.3) is 0 Å². The third-order valence-electron chi connectivity index (χ3n) is 0.985. The third kappa shape index (κ3) is 11.7. The van der Waals surface area contributed by atoms with Gasteiger partial charge in [-0.05, 0) is 50.5 Å². The molecule has 0 saturated heterocycles. The highest BCUT2D eigenvalue weighted by Crippen LogP contribution is 2.49. The fourth-order valence-corrected chi connectivity index (χ4v) is 7.84. The van der Waals surface area contributed by atoms with Gasteiger partial charge in [0.25, 0.3) is 0 Å². The maximum absolute atomic E-state index is 5.37. The summed E-state index contributed by atoms with van der Waals surface area (Å²) in [7, 11) is 1.03. The van der Waals surface area contributed by atoms with Crippen molar-refractivity contribution in [3.05, 3.63) is 0 Å². The van der Waals surface area contributed by atoms with Crippen LogP contribution < -0.4 is 0 Å². The fourth-order valence-electron chi connectivity index (χ4n) is 0.589. The number of rotatable bonds is 4. The van der Waals surface area contributed by atoms with Crippen molar-refractivity contribution in [1.29, 1.82) is 0 Å². The molecule has 11 heavy (non-hydrogen) atoms. The molecule has 5 heteroatoms. The first-order valence-electron chi connectivity index (χ1n) is 3.49. The van der Waals surface area contributed by atoms with Crippen molar-refractivity contribution >= 4 is 44.3 Å². The second-order valence-corrected chi connectivity index (χ2v) is 19.0. The molecule has 0 spiro atoms. The van der Waals surface area contributed by atoms with E-state index in [1.807, 2.05) is 0 Å². The summed E-state index contributed by atoms with van der Waals surface area (Å²) in [6.45, 7) is 8.91. The van der Waals surface area contributed by atoms with E-state index in [9.17, 15) is 0 Å². The summed E-state index contributed by atoms with van der Waals surface area (Å²) in [4.78, 5) is 0. The largest absolute Gasteiger partial charge is 0.112 e. The second kappa shape index (κ2) is 4.83. The minimum absolute atomic E-state index is 0.935. The molecule has 0 atom stereocenters. The molecular weight excluding hydrogens is 229 g/mol. The first-order chi connectivity index (χ1) is 4.71. The Balaban J connectivity index is 3.61. The molecule has 0 heterocycles. The Morgan fingerprint density at radius 2 is 1.18 bits per heavy atom. The Morgan fingerprint density at radius 3 is 1.36 bits per heavy atom. The van der Waals surface area contributed by atoms with Gasteiger partial charge in [0.15, 0.2) is 0 Å². The molecule has 0 aromatic heterocycles. The molecule has 68 valence electrons.